The zero-order valence-electron chi connectivity index (χ0n) is 10.5. The predicted octanol–water partition coefficient (Wildman–Crippen LogP) is -3.51. The number of carbonyl (C=O) groups excluding carboxylic acids is 2. The molecule has 1 aliphatic rings. The second-order valence-corrected chi connectivity index (χ2v) is 3.45. The third-order valence-corrected chi connectivity index (χ3v) is 2.21. The SMILES string of the molecule is [3H]OC[C@H]1O[CH-]C(NC(=O)C(=O)NCCO)[C@H]1O.[U]. The third-order valence-electron chi connectivity index (χ3n) is 2.21. The van der Waals surface area contributed by atoms with Gasteiger partial charge in [0.15, 0.2) is 0 Å². The molecule has 0 radical (unpaired) electrons. The largest absolute Gasteiger partial charge is 0.544 e. The first-order valence-electron chi connectivity index (χ1n) is 5.45. The molecule has 0 saturated carbocycles. The molecule has 3 atom stereocenters. The first-order valence-corrected chi connectivity index (χ1v) is 5.04. The van der Waals surface area contributed by atoms with Crippen LogP contribution < -0.4 is 10.6 Å². The Labute approximate surface area is 129 Å². The van der Waals surface area contributed by atoms with E-state index in [9.17, 15) is 14.7 Å². The molecule has 1 saturated heterocycles. The Kier molecular flexibility index (Phi) is 7.81. The molecule has 8 nitrogen and oxygen atoms in total. The van der Waals surface area contributed by atoms with E-state index >= 15 is 0 Å². The molecule has 2 amide bonds. The number of nitrogens with one attached hydrogen (secondary N) is 2. The monoisotopic (exact) mass is 487 g/mol. The summed E-state index contributed by atoms with van der Waals surface area (Å²) in [7, 11) is 0. The molecule has 9 heteroatoms. The van der Waals surface area contributed by atoms with Crippen LogP contribution in [0.4, 0.5) is 0 Å². The number of carbonyl (C=O) groups is 2. The summed E-state index contributed by atoms with van der Waals surface area (Å²) in [5.74, 6) is -1.86. The smallest absolute Gasteiger partial charge is 0.309 e. The Morgan fingerprint density at radius 3 is 2.78 bits per heavy atom. The van der Waals surface area contributed by atoms with E-state index in [1.54, 1.807) is 0 Å². The van der Waals surface area contributed by atoms with Gasteiger partial charge in [0.05, 0.1) is 25.4 Å². The molecular weight excluding hydrogens is 470 g/mol. The first-order chi connectivity index (χ1) is 8.60. The van der Waals surface area contributed by atoms with Crippen molar-refractivity contribution in [1.29, 1.82) is 1.43 Å². The van der Waals surface area contributed by atoms with Crippen LogP contribution in [0.3, 0.4) is 0 Å². The van der Waals surface area contributed by atoms with Gasteiger partial charge in [0, 0.05) is 37.7 Å². The van der Waals surface area contributed by atoms with E-state index in [1.807, 2.05) is 0 Å². The quantitative estimate of drug-likeness (QED) is 0.202. The van der Waals surface area contributed by atoms with Crippen LogP contribution >= 0.6 is 0 Å². The van der Waals surface area contributed by atoms with Gasteiger partial charge in [0.2, 0.25) is 1.43 Å². The van der Waals surface area contributed by atoms with Crippen LogP contribution in [-0.4, -0.2) is 66.6 Å². The van der Waals surface area contributed by atoms with E-state index in [4.69, 9.17) is 11.3 Å². The molecule has 102 valence electrons. The van der Waals surface area contributed by atoms with Crippen molar-refractivity contribution in [2.45, 2.75) is 18.2 Å². The summed E-state index contributed by atoms with van der Waals surface area (Å²) in [5, 5.41) is 26.6. The van der Waals surface area contributed by atoms with Crippen molar-refractivity contribution in [2.24, 2.45) is 0 Å². The molecule has 0 aliphatic carbocycles. The Hall–Kier alpha value is -0.168. The van der Waals surface area contributed by atoms with Gasteiger partial charge in [-0.2, -0.15) is 6.61 Å². The number of aliphatic hydroxyl groups is 3. The average molecular weight is 487 g/mol. The molecule has 0 aromatic carbocycles. The predicted molar refractivity (Wildman–Crippen MR) is 54.3 cm³/mol. The van der Waals surface area contributed by atoms with Gasteiger partial charge in [-0.15, -0.1) is 0 Å². The Balaban J connectivity index is 0.00000324. The topological polar surface area (TPSA) is 128 Å². The number of aliphatic hydroxyl groups excluding tert-OH is 3. The molecule has 0 bridgehead atoms. The Bertz CT molecular complexity index is 308. The standard InChI is InChI=1S/C9H15N2O6.U/c12-2-1-10-8(15)9(16)11-5-4-17-6(3-13)7(5)14;/h4-7,12-14H,1-3H2,(H,10,15)(H,11,16);/q-1;/t5?,6-,7-;/m1./s1/i13T;. The van der Waals surface area contributed by atoms with Crippen LogP contribution in [0.2, 0.25) is 0 Å². The van der Waals surface area contributed by atoms with E-state index in [2.05, 4.69) is 15.7 Å². The zero-order chi connectivity index (χ0) is 13.5. The minimum atomic E-state index is -1.09. The van der Waals surface area contributed by atoms with Gasteiger partial charge >= 0.3 is 11.8 Å². The molecule has 1 aliphatic heterocycles. The van der Waals surface area contributed by atoms with Crippen molar-refractivity contribution in [3.63, 3.8) is 0 Å². The van der Waals surface area contributed by atoms with Crippen molar-refractivity contribution < 1.29 is 60.8 Å². The van der Waals surface area contributed by atoms with Crippen molar-refractivity contribution >= 4 is 11.8 Å². The molecule has 1 fully saturated rings. The van der Waals surface area contributed by atoms with Crippen LogP contribution in [0, 0.1) is 37.7 Å². The second-order valence-electron chi connectivity index (χ2n) is 3.45. The maximum atomic E-state index is 11.4. The molecule has 1 rings (SSSR count). The van der Waals surface area contributed by atoms with Crippen LogP contribution in [0.5, 0.6) is 0 Å². The third kappa shape index (κ3) is 4.84. The fraction of sp³-hybridized carbons (Fsp3) is 0.667. The summed E-state index contributed by atoms with van der Waals surface area (Å²) < 4.78 is 11.5. The van der Waals surface area contributed by atoms with Gasteiger partial charge in [-0.1, -0.05) is 0 Å². The molecular formula is C9H15N2O6U-. The van der Waals surface area contributed by atoms with E-state index in [0.29, 0.717) is 0 Å². The number of hydrogen-bond donors (Lipinski definition) is 5. The van der Waals surface area contributed by atoms with Crippen molar-refractivity contribution in [2.75, 3.05) is 19.8 Å². The molecule has 1 heterocycles. The van der Waals surface area contributed by atoms with Crippen LogP contribution in [-0.2, 0) is 14.3 Å². The van der Waals surface area contributed by atoms with Gasteiger partial charge in [-0.05, 0) is 6.04 Å². The van der Waals surface area contributed by atoms with E-state index in [0.717, 1.165) is 0 Å². The molecule has 0 aromatic rings. The summed E-state index contributed by atoms with van der Waals surface area (Å²) in [4.78, 5) is 22.5. The van der Waals surface area contributed by atoms with Crippen molar-refractivity contribution in [3.8, 4) is 0 Å². The maximum Gasteiger partial charge on any atom is 0.309 e. The molecule has 1 unspecified atom stereocenters. The number of amides is 2. The Morgan fingerprint density at radius 2 is 2.17 bits per heavy atom. The number of hydrogen-bond acceptors (Lipinski definition) is 6. The van der Waals surface area contributed by atoms with Gasteiger partial charge in [-0.25, -0.2) is 0 Å². The first kappa shape index (κ1) is 15.9. The van der Waals surface area contributed by atoms with Gasteiger partial charge in [0.25, 0.3) is 0 Å². The van der Waals surface area contributed by atoms with Crippen molar-refractivity contribution in [3.05, 3.63) is 6.61 Å². The summed E-state index contributed by atoms with van der Waals surface area (Å²) in [6, 6.07) is -0.850. The Morgan fingerprint density at radius 1 is 1.44 bits per heavy atom. The van der Waals surface area contributed by atoms with E-state index in [1.165, 1.54) is 6.61 Å². The minimum absolute atomic E-state index is 0. The normalized spacial score (nSPS) is 27.0. The summed E-state index contributed by atoms with van der Waals surface area (Å²) >= 11 is 0. The molecule has 0 spiro atoms. The number of ether oxygens (including phenoxy) is 1. The molecule has 5 N–H and O–H groups in total. The van der Waals surface area contributed by atoms with Gasteiger partial charge < -0.3 is 30.7 Å². The fourth-order valence-corrected chi connectivity index (χ4v) is 1.30. The maximum absolute atomic E-state index is 11.4. The summed E-state index contributed by atoms with van der Waals surface area (Å²) in [6.07, 6.45) is -1.85. The second kappa shape index (κ2) is 8.85. The van der Waals surface area contributed by atoms with Gasteiger partial charge in [0.1, 0.15) is 0 Å². The van der Waals surface area contributed by atoms with Crippen molar-refractivity contribution in [1.82, 2.24) is 10.6 Å². The van der Waals surface area contributed by atoms with Crippen LogP contribution in [0.25, 0.3) is 0 Å². The molecule has 0 aromatic heterocycles. The summed E-state index contributed by atoms with van der Waals surface area (Å²) in [5.41, 5.74) is 0. The van der Waals surface area contributed by atoms with Crippen LogP contribution in [0.15, 0.2) is 0 Å². The fourth-order valence-electron chi connectivity index (χ4n) is 1.30. The van der Waals surface area contributed by atoms with Crippen LogP contribution in [0.1, 0.15) is 0 Å². The van der Waals surface area contributed by atoms with E-state index < -0.39 is 30.1 Å². The minimum Gasteiger partial charge on any atom is -0.544 e. The summed E-state index contributed by atoms with van der Waals surface area (Å²) in [6.45, 7) is 0.713. The zero-order valence-corrected chi connectivity index (χ0v) is 13.6. The molecule has 18 heavy (non-hydrogen) atoms. The average Bonchev–Trinajstić information content (AvgIpc) is 2.69. The van der Waals surface area contributed by atoms with Gasteiger partial charge in [-0.3, -0.25) is 9.59 Å². The number of rotatable bonds is 5. The van der Waals surface area contributed by atoms with E-state index in [-0.39, 0.29) is 50.9 Å².